The van der Waals surface area contributed by atoms with Crippen LogP contribution in [0, 0.1) is 5.92 Å². The summed E-state index contributed by atoms with van der Waals surface area (Å²) < 4.78 is 11.9. The summed E-state index contributed by atoms with van der Waals surface area (Å²) in [5.41, 5.74) is 1.41. The average Bonchev–Trinajstić information content (AvgIpc) is 2.62. The molecular weight excluding hydrogens is 348 g/mol. The second kappa shape index (κ2) is 9.16. The Balaban J connectivity index is 2.17. The summed E-state index contributed by atoms with van der Waals surface area (Å²) in [6, 6.07) is 0. The van der Waals surface area contributed by atoms with Crippen LogP contribution in [-0.2, 0) is 9.47 Å². The van der Waals surface area contributed by atoms with E-state index in [0.717, 1.165) is 19.3 Å². The van der Waals surface area contributed by atoms with E-state index in [1.807, 2.05) is 6.92 Å². The zero-order valence-corrected chi connectivity index (χ0v) is 17.0. The molecule has 1 aliphatic carbocycles. The summed E-state index contributed by atoms with van der Waals surface area (Å²) >= 11 is 0. The molecule has 1 saturated heterocycles. The summed E-state index contributed by atoms with van der Waals surface area (Å²) in [6.07, 6.45) is -0.0330. The number of allylic oxidation sites excluding steroid dienone is 2. The summed E-state index contributed by atoms with van der Waals surface area (Å²) in [7, 11) is 0. The predicted octanol–water partition coefficient (Wildman–Crippen LogP) is 2.05. The zero-order chi connectivity index (χ0) is 20.4. The molecule has 0 aromatic carbocycles. The van der Waals surface area contributed by atoms with E-state index >= 15 is 0 Å². The molecule has 0 amide bonds. The first kappa shape index (κ1) is 22.5. The molecule has 1 aliphatic heterocycles. The molecule has 1 fully saturated rings. The van der Waals surface area contributed by atoms with Crippen LogP contribution in [0.5, 0.6) is 0 Å². The normalized spacial score (nSPS) is 38.0. The van der Waals surface area contributed by atoms with E-state index in [2.05, 4.69) is 19.6 Å². The van der Waals surface area contributed by atoms with Crippen LogP contribution in [0.1, 0.15) is 59.8 Å². The number of hydrogen-bond acceptors (Lipinski definition) is 6. The third-order valence-electron chi connectivity index (χ3n) is 6.18. The fraction of sp³-hybridized carbons (Fsp3) is 0.810. The lowest BCUT2D eigenvalue weighted by Gasteiger charge is -2.46. The van der Waals surface area contributed by atoms with Gasteiger partial charge >= 0.3 is 0 Å². The number of hydrogen-bond donors (Lipinski definition) is 4. The van der Waals surface area contributed by atoms with E-state index in [0.29, 0.717) is 18.4 Å². The molecular formula is C21H36O6. The maximum absolute atomic E-state index is 10.4. The minimum absolute atomic E-state index is 0.202. The van der Waals surface area contributed by atoms with Gasteiger partial charge in [-0.2, -0.15) is 0 Å². The molecule has 0 bridgehead atoms. The Bertz CT molecular complexity index is 547. The highest BCUT2D eigenvalue weighted by molar-refractivity contribution is 5.07. The molecule has 4 N–H and O–H groups in total. The third kappa shape index (κ3) is 5.40. The Morgan fingerprint density at radius 3 is 2.56 bits per heavy atom. The Labute approximate surface area is 162 Å². The van der Waals surface area contributed by atoms with Crippen LogP contribution in [0.2, 0.25) is 0 Å². The smallest absolute Gasteiger partial charge is 0.187 e. The van der Waals surface area contributed by atoms with Gasteiger partial charge in [0.15, 0.2) is 6.29 Å². The topological polar surface area (TPSA) is 99.4 Å². The molecule has 0 aromatic rings. The van der Waals surface area contributed by atoms with Crippen LogP contribution in [0.4, 0.5) is 0 Å². The monoisotopic (exact) mass is 384 g/mol. The molecule has 6 nitrogen and oxygen atoms in total. The summed E-state index contributed by atoms with van der Waals surface area (Å²) in [5.74, 6) is 0.202. The fourth-order valence-electron chi connectivity index (χ4n) is 3.92. The number of ether oxygens (including phenoxy) is 2. The lowest BCUT2D eigenvalue weighted by atomic mass is 9.75. The van der Waals surface area contributed by atoms with Gasteiger partial charge in [-0.1, -0.05) is 23.8 Å². The molecule has 0 aromatic heterocycles. The van der Waals surface area contributed by atoms with Crippen LogP contribution >= 0.6 is 0 Å². The summed E-state index contributed by atoms with van der Waals surface area (Å²) in [6.45, 7) is 11.3. The minimum Gasteiger partial charge on any atom is -0.389 e. The van der Waals surface area contributed by atoms with Crippen molar-refractivity contribution in [3.63, 3.8) is 0 Å². The van der Waals surface area contributed by atoms with Gasteiger partial charge in [0.1, 0.15) is 18.3 Å². The van der Waals surface area contributed by atoms with Crippen LogP contribution < -0.4 is 0 Å². The van der Waals surface area contributed by atoms with Gasteiger partial charge in [0.2, 0.25) is 0 Å². The Hall–Kier alpha value is -0.760. The Morgan fingerprint density at radius 2 is 2.00 bits per heavy atom. The van der Waals surface area contributed by atoms with E-state index in [4.69, 9.17) is 9.47 Å². The lowest BCUT2D eigenvalue weighted by Crippen LogP contribution is -2.59. The van der Waals surface area contributed by atoms with E-state index < -0.39 is 42.4 Å². The second-order valence-electron chi connectivity index (χ2n) is 8.53. The molecule has 2 unspecified atom stereocenters. The van der Waals surface area contributed by atoms with Gasteiger partial charge < -0.3 is 29.9 Å². The van der Waals surface area contributed by atoms with Crippen LogP contribution in [0.3, 0.4) is 0 Å². The van der Waals surface area contributed by atoms with Crippen molar-refractivity contribution in [2.24, 2.45) is 5.92 Å². The highest BCUT2D eigenvalue weighted by atomic mass is 16.7. The van der Waals surface area contributed by atoms with Gasteiger partial charge in [0.05, 0.1) is 17.8 Å². The molecule has 2 rings (SSSR count). The molecule has 0 spiro atoms. The van der Waals surface area contributed by atoms with Crippen molar-refractivity contribution < 1.29 is 29.9 Å². The molecule has 8 atom stereocenters. The van der Waals surface area contributed by atoms with E-state index in [-0.39, 0.29) is 5.92 Å². The lowest BCUT2D eigenvalue weighted by molar-refractivity contribution is -0.326. The van der Waals surface area contributed by atoms with Crippen LogP contribution in [-0.4, -0.2) is 62.8 Å². The molecule has 0 radical (unpaired) electrons. The maximum Gasteiger partial charge on any atom is 0.187 e. The van der Waals surface area contributed by atoms with Gasteiger partial charge in [-0.3, -0.25) is 0 Å². The Morgan fingerprint density at radius 1 is 1.33 bits per heavy atom. The van der Waals surface area contributed by atoms with Crippen molar-refractivity contribution in [3.8, 4) is 0 Å². The number of aliphatic hydroxyl groups is 4. The van der Waals surface area contributed by atoms with Crippen molar-refractivity contribution in [1.29, 1.82) is 0 Å². The Kier molecular flexibility index (Phi) is 7.64. The van der Waals surface area contributed by atoms with Gasteiger partial charge in [0, 0.05) is 0 Å². The first-order valence-electron chi connectivity index (χ1n) is 9.91. The van der Waals surface area contributed by atoms with Gasteiger partial charge in [0.25, 0.3) is 0 Å². The SMILES string of the molecule is C=C(C)C(O)CCC(C)(O[C@@H]1O[C@H](C)[C@H](O)[C@H](O)[C@H]1O)[C@@H]1CC=C(C)CC1. The second-order valence-corrected chi connectivity index (χ2v) is 8.53. The molecule has 156 valence electrons. The first-order chi connectivity index (χ1) is 12.5. The quantitative estimate of drug-likeness (QED) is 0.502. The van der Waals surface area contributed by atoms with Crippen LogP contribution in [0.15, 0.2) is 23.8 Å². The van der Waals surface area contributed by atoms with Crippen molar-refractivity contribution >= 4 is 0 Å². The molecule has 1 heterocycles. The van der Waals surface area contributed by atoms with Crippen molar-refractivity contribution in [1.82, 2.24) is 0 Å². The van der Waals surface area contributed by atoms with Crippen molar-refractivity contribution in [3.05, 3.63) is 23.8 Å². The first-order valence-corrected chi connectivity index (χ1v) is 9.91. The highest BCUT2D eigenvalue weighted by Crippen LogP contribution is 2.40. The summed E-state index contributed by atoms with van der Waals surface area (Å²) in [4.78, 5) is 0. The standard InChI is InChI=1S/C21H36O6/c1-12(2)16(22)10-11-21(5,15-8-6-13(3)7-9-15)27-20-19(25)18(24)17(23)14(4)26-20/h6,14-20,22-25H,1,7-11H2,2-5H3/t14-,15-,16?,17+,18+,19-,20+,21?/m1/s1. The highest BCUT2D eigenvalue weighted by Gasteiger charge is 2.47. The van der Waals surface area contributed by atoms with Gasteiger partial charge in [-0.05, 0) is 65.7 Å². The summed E-state index contributed by atoms with van der Waals surface area (Å²) in [5, 5.41) is 40.6. The molecule has 6 heteroatoms. The van der Waals surface area contributed by atoms with Crippen LogP contribution in [0.25, 0.3) is 0 Å². The molecule has 2 aliphatic rings. The zero-order valence-electron chi connectivity index (χ0n) is 17.0. The third-order valence-corrected chi connectivity index (χ3v) is 6.18. The molecule has 0 saturated carbocycles. The number of rotatable bonds is 7. The number of aliphatic hydroxyl groups excluding tert-OH is 4. The van der Waals surface area contributed by atoms with Gasteiger partial charge in [-0.25, -0.2) is 0 Å². The maximum atomic E-state index is 10.4. The van der Waals surface area contributed by atoms with Crippen molar-refractivity contribution in [2.45, 2.75) is 102 Å². The fourth-order valence-corrected chi connectivity index (χ4v) is 3.92. The van der Waals surface area contributed by atoms with E-state index in [9.17, 15) is 20.4 Å². The molecule has 27 heavy (non-hydrogen) atoms. The predicted molar refractivity (Wildman–Crippen MR) is 103 cm³/mol. The van der Waals surface area contributed by atoms with Gasteiger partial charge in [-0.15, -0.1) is 0 Å². The largest absolute Gasteiger partial charge is 0.389 e. The van der Waals surface area contributed by atoms with E-state index in [1.165, 1.54) is 5.57 Å². The average molecular weight is 385 g/mol. The minimum atomic E-state index is -1.33. The van der Waals surface area contributed by atoms with Crippen molar-refractivity contribution in [2.75, 3.05) is 0 Å². The van der Waals surface area contributed by atoms with E-state index in [1.54, 1.807) is 13.8 Å².